The second-order valence-electron chi connectivity index (χ2n) is 3.07. The van der Waals surface area contributed by atoms with Gasteiger partial charge in [-0.25, -0.2) is 4.39 Å². The van der Waals surface area contributed by atoms with E-state index in [1.807, 2.05) is 0 Å². The first kappa shape index (κ1) is 12.7. The van der Waals surface area contributed by atoms with E-state index >= 15 is 0 Å². The Hall–Kier alpha value is -2.35. The molecule has 0 heterocycles. The zero-order chi connectivity index (χ0) is 12.7. The van der Waals surface area contributed by atoms with Crippen molar-refractivity contribution in [2.24, 2.45) is 0 Å². The van der Waals surface area contributed by atoms with Crippen molar-refractivity contribution in [2.75, 3.05) is 13.2 Å². The van der Waals surface area contributed by atoms with Crippen molar-refractivity contribution in [3.05, 3.63) is 29.6 Å². The van der Waals surface area contributed by atoms with Crippen LogP contribution in [0.2, 0.25) is 0 Å². The third-order valence-electron chi connectivity index (χ3n) is 1.85. The molecule has 1 N–H and O–H groups in total. The molecule has 5 heteroatoms. The first-order valence-corrected chi connectivity index (χ1v) is 4.75. The van der Waals surface area contributed by atoms with Crippen LogP contribution >= 0.6 is 0 Å². The van der Waals surface area contributed by atoms with Gasteiger partial charge in [-0.15, -0.1) is 6.42 Å². The third-order valence-corrected chi connectivity index (χ3v) is 1.85. The van der Waals surface area contributed by atoms with Crippen LogP contribution in [-0.2, 0) is 4.79 Å². The zero-order valence-corrected chi connectivity index (χ0v) is 8.90. The van der Waals surface area contributed by atoms with Gasteiger partial charge in [-0.05, 0) is 18.2 Å². The molecule has 0 unspecified atom stereocenters. The summed E-state index contributed by atoms with van der Waals surface area (Å²) in [6, 6.07) is 3.46. The van der Waals surface area contributed by atoms with Crippen LogP contribution in [-0.4, -0.2) is 25.3 Å². The number of hydrogen-bond acceptors (Lipinski definition) is 3. The molecule has 17 heavy (non-hydrogen) atoms. The number of rotatable bonds is 5. The number of ether oxygens (including phenoxy) is 1. The van der Waals surface area contributed by atoms with Crippen molar-refractivity contribution in [3.63, 3.8) is 0 Å². The maximum absolute atomic E-state index is 12.8. The van der Waals surface area contributed by atoms with Gasteiger partial charge in [0.2, 0.25) is 0 Å². The molecule has 0 bridgehead atoms. The van der Waals surface area contributed by atoms with Gasteiger partial charge in [0.05, 0.1) is 12.1 Å². The van der Waals surface area contributed by atoms with Gasteiger partial charge in [0.25, 0.3) is 5.91 Å². The van der Waals surface area contributed by atoms with E-state index < -0.39 is 11.7 Å². The molecule has 0 aromatic heterocycles. The number of amides is 1. The quantitative estimate of drug-likeness (QED) is 0.605. The summed E-state index contributed by atoms with van der Waals surface area (Å²) in [6.45, 7) is -0.180. The fourth-order valence-corrected chi connectivity index (χ4v) is 1.09. The Morgan fingerprint density at radius 3 is 3.00 bits per heavy atom. The van der Waals surface area contributed by atoms with Gasteiger partial charge in [-0.3, -0.25) is 9.59 Å². The molecular weight excluding hydrogens is 225 g/mol. The molecule has 0 fully saturated rings. The molecule has 1 aromatic carbocycles. The van der Waals surface area contributed by atoms with Crippen molar-refractivity contribution in [3.8, 4) is 18.1 Å². The first-order chi connectivity index (χ1) is 8.17. The lowest BCUT2D eigenvalue weighted by molar-refractivity contribution is -0.122. The fourth-order valence-electron chi connectivity index (χ4n) is 1.09. The number of carbonyl (C=O) groups excluding carboxylic acids is 2. The third kappa shape index (κ3) is 3.95. The number of terminal acetylenes is 1. The maximum atomic E-state index is 12.8. The Balaban J connectivity index is 2.60. The maximum Gasteiger partial charge on any atom is 0.258 e. The van der Waals surface area contributed by atoms with Crippen LogP contribution in [0, 0.1) is 18.2 Å². The molecule has 0 radical (unpaired) electrons. The Morgan fingerprint density at radius 2 is 2.35 bits per heavy atom. The first-order valence-electron chi connectivity index (χ1n) is 4.75. The summed E-state index contributed by atoms with van der Waals surface area (Å²) in [5.74, 6) is 1.43. The molecule has 0 spiro atoms. The molecule has 0 aliphatic heterocycles. The van der Waals surface area contributed by atoms with Gasteiger partial charge < -0.3 is 10.1 Å². The Labute approximate surface area is 97.8 Å². The van der Waals surface area contributed by atoms with E-state index in [0.717, 1.165) is 12.1 Å². The predicted molar refractivity (Wildman–Crippen MR) is 59.1 cm³/mol. The lowest BCUT2D eigenvalue weighted by Crippen LogP contribution is -2.29. The van der Waals surface area contributed by atoms with E-state index in [1.54, 1.807) is 0 Å². The molecule has 0 aliphatic carbocycles. The van der Waals surface area contributed by atoms with E-state index in [2.05, 4.69) is 11.2 Å². The van der Waals surface area contributed by atoms with Crippen LogP contribution in [0.1, 0.15) is 10.4 Å². The number of aldehydes is 1. The summed E-state index contributed by atoms with van der Waals surface area (Å²) in [7, 11) is 0. The number of nitrogens with one attached hydrogen (secondary N) is 1. The summed E-state index contributed by atoms with van der Waals surface area (Å²) < 4.78 is 17.8. The summed E-state index contributed by atoms with van der Waals surface area (Å²) in [4.78, 5) is 21.8. The van der Waals surface area contributed by atoms with E-state index in [1.165, 1.54) is 6.07 Å². The Kier molecular flexibility index (Phi) is 4.70. The molecule has 0 saturated carbocycles. The predicted octanol–water partition coefficient (Wildman–Crippen LogP) is 0.766. The van der Waals surface area contributed by atoms with E-state index in [0.29, 0.717) is 6.29 Å². The van der Waals surface area contributed by atoms with Gasteiger partial charge in [0.15, 0.2) is 12.9 Å². The van der Waals surface area contributed by atoms with Gasteiger partial charge in [-0.1, -0.05) is 5.92 Å². The average molecular weight is 235 g/mol. The molecule has 1 aromatic rings. The van der Waals surface area contributed by atoms with Gasteiger partial charge in [0, 0.05) is 0 Å². The Morgan fingerprint density at radius 1 is 1.59 bits per heavy atom. The molecule has 0 aliphatic rings. The second-order valence-corrected chi connectivity index (χ2v) is 3.07. The summed E-state index contributed by atoms with van der Waals surface area (Å²) in [5.41, 5.74) is 0.0507. The zero-order valence-electron chi connectivity index (χ0n) is 8.90. The molecule has 4 nitrogen and oxygen atoms in total. The highest BCUT2D eigenvalue weighted by Gasteiger charge is 2.07. The van der Waals surface area contributed by atoms with E-state index in [9.17, 15) is 14.0 Å². The Bertz CT molecular complexity index is 465. The molecular formula is C12H10FNO3. The summed E-state index contributed by atoms with van der Waals surface area (Å²) in [5, 5.41) is 2.39. The number of benzene rings is 1. The van der Waals surface area contributed by atoms with E-state index in [-0.39, 0.29) is 24.5 Å². The van der Waals surface area contributed by atoms with Crippen molar-refractivity contribution in [1.82, 2.24) is 5.32 Å². The van der Waals surface area contributed by atoms with Gasteiger partial charge >= 0.3 is 0 Å². The SMILES string of the molecule is C#CCNC(=O)COc1ccc(F)cc1C=O. The highest BCUT2D eigenvalue weighted by Crippen LogP contribution is 2.17. The molecule has 0 saturated heterocycles. The van der Waals surface area contributed by atoms with E-state index in [4.69, 9.17) is 11.2 Å². The normalized spacial score (nSPS) is 9.18. The molecule has 1 rings (SSSR count). The molecule has 0 atom stereocenters. The van der Waals surface area contributed by atoms with Crippen molar-refractivity contribution in [1.29, 1.82) is 0 Å². The number of halogens is 1. The standard InChI is InChI=1S/C12H10FNO3/c1-2-5-14-12(16)8-17-11-4-3-10(13)6-9(11)7-15/h1,3-4,6-7H,5,8H2,(H,14,16). The number of hydrogen-bond donors (Lipinski definition) is 1. The van der Waals surface area contributed by atoms with Crippen molar-refractivity contribution in [2.45, 2.75) is 0 Å². The number of carbonyl (C=O) groups is 2. The van der Waals surface area contributed by atoms with Crippen molar-refractivity contribution < 1.29 is 18.7 Å². The summed E-state index contributed by atoms with van der Waals surface area (Å²) >= 11 is 0. The highest BCUT2D eigenvalue weighted by molar-refractivity contribution is 5.80. The minimum Gasteiger partial charge on any atom is -0.483 e. The monoisotopic (exact) mass is 235 g/mol. The van der Waals surface area contributed by atoms with Crippen LogP contribution < -0.4 is 10.1 Å². The van der Waals surface area contributed by atoms with Crippen LogP contribution in [0.4, 0.5) is 4.39 Å². The molecule has 1 amide bonds. The average Bonchev–Trinajstić information content (AvgIpc) is 2.34. The highest BCUT2D eigenvalue weighted by atomic mass is 19.1. The fraction of sp³-hybridized carbons (Fsp3) is 0.167. The van der Waals surface area contributed by atoms with Crippen LogP contribution in [0.15, 0.2) is 18.2 Å². The minimum atomic E-state index is -0.545. The largest absolute Gasteiger partial charge is 0.483 e. The lowest BCUT2D eigenvalue weighted by Gasteiger charge is -2.07. The van der Waals surface area contributed by atoms with Gasteiger partial charge in [-0.2, -0.15) is 0 Å². The lowest BCUT2D eigenvalue weighted by atomic mass is 10.2. The van der Waals surface area contributed by atoms with Crippen LogP contribution in [0.25, 0.3) is 0 Å². The minimum absolute atomic E-state index is 0.0507. The van der Waals surface area contributed by atoms with Gasteiger partial charge in [0.1, 0.15) is 11.6 Å². The second kappa shape index (κ2) is 6.28. The van der Waals surface area contributed by atoms with Crippen molar-refractivity contribution >= 4 is 12.2 Å². The molecule has 88 valence electrons. The smallest absolute Gasteiger partial charge is 0.258 e. The topological polar surface area (TPSA) is 55.4 Å². The van der Waals surface area contributed by atoms with Crippen LogP contribution in [0.5, 0.6) is 5.75 Å². The van der Waals surface area contributed by atoms with Crippen LogP contribution in [0.3, 0.4) is 0 Å². The summed E-state index contributed by atoms with van der Waals surface area (Å²) in [6.07, 6.45) is 5.41.